The number of nitrogens with zero attached hydrogens (tertiary/aromatic N) is 2. The van der Waals surface area contributed by atoms with Crippen LogP contribution in [0.4, 0.5) is 0 Å². The Hall–Kier alpha value is -1.22. The van der Waals surface area contributed by atoms with Gasteiger partial charge in [0.05, 0.1) is 18.3 Å². The van der Waals surface area contributed by atoms with Crippen molar-refractivity contribution in [1.82, 2.24) is 9.78 Å². The maximum absolute atomic E-state index is 4.31. The van der Waals surface area contributed by atoms with Gasteiger partial charge < -0.3 is 0 Å². The summed E-state index contributed by atoms with van der Waals surface area (Å²) in [4.78, 5) is 0. The van der Waals surface area contributed by atoms with Gasteiger partial charge in [-0.05, 0) is 11.6 Å². The quantitative estimate of drug-likeness (QED) is 0.601. The van der Waals surface area contributed by atoms with Gasteiger partial charge in [-0.25, -0.2) is 0 Å². The minimum Gasteiger partial charge on any atom is -0.261 e. The largest absolute Gasteiger partial charge is 0.261 e. The molecule has 72 valence electrons. The molecule has 1 aromatic carbocycles. The second-order valence-electron chi connectivity index (χ2n) is 3.27. The Morgan fingerprint density at radius 2 is 2.21 bits per heavy atom. The van der Waals surface area contributed by atoms with Gasteiger partial charge >= 0.3 is 0 Å². The molecule has 0 atom stereocenters. The van der Waals surface area contributed by atoms with Gasteiger partial charge in [-0.3, -0.25) is 4.68 Å². The summed E-state index contributed by atoms with van der Waals surface area (Å²) in [6.45, 7) is 4.66. The molecule has 1 aromatic heterocycles. The topological polar surface area (TPSA) is 17.8 Å². The third-order valence-corrected chi connectivity index (χ3v) is 2.60. The summed E-state index contributed by atoms with van der Waals surface area (Å²) in [5.74, 6) is 0.703. The molecule has 0 aliphatic rings. The first-order valence-corrected chi connectivity index (χ1v) is 5.12. The van der Waals surface area contributed by atoms with Crippen LogP contribution in [0.15, 0.2) is 42.6 Å². The normalized spacial score (nSPS) is 10.6. The van der Waals surface area contributed by atoms with Crippen LogP contribution in [0.25, 0.3) is 10.9 Å². The van der Waals surface area contributed by atoms with E-state index in [-0.39, 0.29) is 0 Å². The number of hydrogen-bond acceptors (Lipinski definition) is 2. The van der Waals surface area contributed by atoms with Crippen molar-refractivity contribution in [3.05, 3.63) is 42.6 Å². The van der Waals surface area contributed by atoms with Crippen LogP contribution < -0.4 is 0 Å². The van der Waals surface area contributed by atoms with Gasteiger partial charge in [-0.1, -0.05) is 24.8 Å². The lowest BCUT2D eigenvalue weighted by molar-refractivity contribution is 0.705. The Bertz CT molecular complexity index is 459. The minimum absolute atomic E-state index is 0.703. The van der Waals surface area contributed by atoms with Crippen molar-refractivity contribution in [3.63, 3.8) is 0 Å². The fraction of sp³-hybridized carbons (Fsp3) is 0.182. The first-order chi connectivity index (χ1) is 6.81. The summed E-state index contributed by atoms with van der Waals surface area (Å²) in [6.07, 6.45) is 1.88. The average molecular weight is 204 g/mol. The summed E-state index contributed by atoms with van der Waals surface area (Å²) in [5, 5.41) is 5.47. The van der Waals surface area contributed by atoms with Gasteiger partial charge in [0.1, 0.15) is 0 Å². The molecular weight excluding hydrogens is 192 g/mol. The lowest BCUT2D eigenvalue weighted by Crippen LogP contribution is -2.02. The minimum atomic E-state index is 0.703. The van der Waals surface area contributed by atoms with Crippen LogP contribution in [0.5, 0.6) is 0 Å². The van der Waals surface area contributed by atoms with Crippen molar-refractivity contribution >= 4 is 23.5 Å². The summed E-state index contributed by atoms with van der Waals surface area (Å²) < 4.78 is 1.95. The van der Waals surface area contributed by atoms with Crippen LogP contribution in [0.2, 0.25) is 0 Å². The van der Waals surface area contributed by atoms with E-state index in [1.54, 1.807) is 0 Å². The zero-order valence-corrected chi connectivity index (χ0v) is 8.74. The van der Waals surface area contributed by atoms with E-state index in [0.717, 1.165) is 17.6 Å². The molecule has 0 saturated carbocycles. The van der Waals surface area contributed by atoms with Crippen LogP contribution in [-0.2, 0) is 6.54 Å². The first-order valence-electron chi connectivity index (χ1n) is 4.49. The molecule has 0 fully saturated rings. The van der Waals surface area contributed by atoms with Crippen molar-refractivity contribution in [3.8, 4) is 0 Å². The molecule has 0 unspecified atom stereocenters. The van der Waals surface area contributed by atoms with E-state index in [1.165, 1.54) is 5.39 Å². The van der Waals surface area contributed by atoms with Gasteiger partial charge in [0, 0.05) is 11.1 Å². The molecule has 1 heterocycles. The maximum Gasteiger partial charge on any atom is 0.0686 e. The average Bonchev–Trinajstić information content (AvgIpc) is 2.62. The molecule has 0 bridgehead atoms. The highest BCUT2D eigenvalue weighted by Gasteiger charge is 2.01. The standard InChI is InChI=1S/C11H12N2S/c1-9(8-14)7-13-11-5-3-2-4-10(11)6-12-13/h2-6,14H,1,7-8H2. The molecule has 14 heavy (non-hydrogen) atoms. The smallest absolute Gasteiger partial charge is 0.0686 e. The third kappa shape index (κ3) is 1.68. The van der Waals surface area contributed by atoms with Gasteiger partial charge in [0.15, 0.2) is 0 Å². The van der Waals surface area contributed by atoms with Crippen molar-refractivity contribution in [2.24, 2.45) is 0 Å². The van der Waals surface area contributed by atoms with E-state index in [9.17, 15) is 0 Å². The molecule has 0 spiro atoms. The van der Waals surface area contributed by atoms with Crippen LogP contribution >= 0.6 is 12.6 Å². The van der Waals surface area contributed by atoms with Crippen molar-refractivity contribution < 1.29 is 0 Å². The Balaban J connectivity index is 2.38. The predicted molar refractivity (Wildman–Crippen MR) is 62.7 cm³/mol. The summed E-state index contributed by atoms with van der Waals surface area (Å²) >= 11 is 4.18. The molecule has 0 aliphatic heterocycles. The highest BCUT2D eigenvalue weighted by Crippen LogP contribution is 2.13. The summed E-state index contributed by atoms with van der Waals surface area (Å²) in [6, 6.07) is 8.15. The Morgan fingerprint density at radius 1 is 1.43 bits per heavy atom. The second kappa shape index (κ2) is 3.88. The van der Waals surface area contributed by atoms with Crippen LogP contribution in [0, 0.1) is 0 Å². The highest BCUT2D eigenvalue weighted by atomic mass is 32.1. The van der Waals surface area contributed by atoms with Crippen molar-refractivity contribution in [2.45, 2.75) is 6.54 Å². The number of thiol groups is 1. The fourth-order valence-electron chi connectivity index (χ4n) is 1.41. The van der Waals surface area contributed by atoms with Crippen LogP contribution in [0.1, 0.15) is 0 Å². The maximum atomic E-state index is 4.31. The lowest BCUT2D eigenvalue weighted by Gasteiger charge is -2.03. The molecule has 2 aromatic rings. The van der Waals surface area contributed by atoms with E-state index in [1.807, 2.05) is 23.0 Å². The van der Waals surface area contributed by atoms with E-state index in [0.29, 0.717) is 5.75 Å². The van der Waals surface area contributed by atoms with Gasteiger partial charge in [-0.2, -0.15) is 17.7 Å². The van der Waals surface area contributed by atoms with Crippen LogP contribution in [0.3, 0.4) is 0 Å². The Kier molecular flexibility index (Phi) is 2.59. The molecular formula is C11H12N2S. The number of fused-ring (bicyclic) bond motifs is 1. The molecule has 3 heteroatoms. The van der Waals surface area contributed by atoms with Crippen molar-refractivity contribution in [2.75, 3.05) is 5.75 Å². The Morgan fingerprint density at radius 3 is 3.00 bits per heavy atom. The third-order valence-electron chi connectivity index (χ3n) is 2.15. The molecule has 2 nitrogen and oxygen atoms in total. The lowest BCUT2D eigenvalue weighted by atomic mass is 10.2. The number of aromatic nitrogens is 2. The molecule has 0 aliphatic carbocycles. The number of hydrogen-bond donors (Lipinski definition) is 1. The fourth-order valence-corrected chi connectivity index (χ4v) is 1.51. The Labute approximate surface area is 88.6 Å². The van der Waals surface area contributed by atoms with Gasteiger partial charge in [0.2, 0.25) is 0 Å². The highest BCUT2D eigenvalue weighted by molar-refractivity contribution is 7.80. The molecule has 0 radical (unpaired) electrons. The zero-order chi connectivity index (χ0) is 9.97. The number of rotatable bonds is 3. The number of benzene rings is 1. The van der Waals surface area contributed by atoms with E-state index < -0.39 is 0 Å². The van der Waals surface area contributed by atoms with Gasteiger partial charge in [-0.15, -0.1) is 0 Å². The number of para-hydroxylation sites is 1. The van der Waals surface area contributed by atoms with E-state index in [2.05, 4.69) is 36.4 Å². The molecule has 0 saturated heterocycles. The van der Waals surface area contributed by atoms with Crippen LogP contribution in [-0.4, -0.2) is 15.5 Å². The molecule has 0 N–H and O–H groups in total. The molecule has 0 amide bonds. The predicted octanol–water partition coefficient (Wildman–Crippen LogP) is 2.52. The van der Waals surface area contributed by atoms with Crippen molar-refractivity contribution in [1.29, 1.82) is 0 Å². The summed E-state index contributed by atoms with van der Waals surface area (Å²) in [5.41, 5.74) is 2.22. The molecule has 2 rings (SSSR count). The van der Waals surface area contributed by atoms with E-state index >= 15 is 0 Å². The SMILES string of the molecule is C=C(CS)Cn1ncc2ccccc21. The monoisotopic (exact) mass is 204 g/mol. The van der Waals surface area contributed by atoms with E-state index in [4.69, 9.17) is 0 Å². The second-order valence-corrected chi connectivity index (χ2v) is 3.59. The zero-order valence-electron chi connectivity index (χ0n) is 7.85. The first kappa shape index (κ1) is 9.34. The summed E-state index contributed by atoms with van der Waals surface area (Å²) in [7, 11) is 0. The van der Waals surface area contributed by atoms with Gasteiger partial charge in [0.25, 0.3) is 0 Å².